The molecule has 0 saturated carbocycles. The van der Waals surface area contributed by atoms with E-state index < -0.39 is 17.7 Å². The zero-order valence-electron chi connectivity index (χ0n) is 10.9. The van der Waals surface area contributed by atoms with E-state index in [1.165, 1.54) is 6.92 Å². The molecular weight excluding hydrogens is 262 g/mol. The van der Waals surface area contributed by atoms with Crippen LogP contribution in [0, 0.1) is 18.6 Å². The van der Waals surface area contributed by atoms with Crippen molar-refractivity contribution in [3.63, 3.8) is 0 Å². The van der Waals surface area contributed by atoms with Gasteiger partial charge in [0.05, 0.1) is 18.6 Å². The quantitative estimate of drug-likeness (QED) is 0.910. The highest BCUT2D eigenvalue weighted by Crippen LogP contribution is 2.41. The summed E-state index contributed by atoms with van der Waals surface area (Å²) < 4.78 is 33.0. The summed E-state index contributed by atoms with van der Waals surface area (Å²) in [6.45, 7) is 1.75. The van der Waals surface area contributed by atoms with E-state index in [9.17, 15) is 13.9 Å². The van der Waals surface area contributed by atoms with Gasteiger partial charge >= 0.3 is 0 Å². The number of ether oxygens (including phenoxy) is 1. The third kappa shape index (κ3) is 2.06. The standard InChI is InChI=1S/C16H14F2O2/c1-9-6-14(18)11(7-13(9)17)16(19)12-8-20-15-5-3-2-4-10(12)15/h2-7,12,16,19H,8H2,1H3. The van der Waals surface area contributed by atoms with Crippen LogP contribution >= 0.6 is 0 Å². The largest absolute Gasteiger partial charge is 0.493 e. The van der Waals surface area contributed by atoms with Gasteiger partial charge in [-0.3, -0.25) is 0 Å². The van der Waals surface area contributed by atoms with Gasteiger partial charge in [-0.1, -0.05) is 18.2 Å². The fourth-order valence-electron chi connectivity index (χ4n) is 2.55. The molecule has 0 aromatic heterocycles. The Morgan fingerprint density at radius 1 is 1.20 bits per heavy atom. The number of para-hydroxylation sites is 1. The SMILES string of the molecule is Cc1cc(F)c(C(O)C2COc3ccccc32)cc1F. The first kappa shape index (κ1) is 13.1. The van der Waals surface area contributed by atoms with Crippen molar-refractivity contribution in [2.75, 3.05) is 6.61 Å². The summed E-state index contributed by atoms with van der Waals surface area (Å²) in [5.74, 6) is -0.819. The molecule has 2 atom stereocenters. The van der Waals surface area contributed by atoms with Crippen LogP contribution in [-0.4, -0.2) is 11.7 Å². The maximum atomic E-state index is 13.9. The lowest BCUT2D eigenvalue weighted by Crippen LogP contribution is -2.14. The van der Waals surface area contributed by atoms with Crippen LogP contribution in [0.2, 0.25) is 0 Å². The third-order valence-corrected chi connectivity index (χ3v) is 3.71. The molecule has 1 aliphatic rings. The molecule has 1 heterocycles. The van der Waals surface area contributed by atoms with Crippen LogP contribution < -0.4 is 4.74 Å². The van der Waals surface area contributed by atoms with Gasteiger partial charge in [0, 0.05) is 11.1 Å². The van der Waals surface area contributed by atoms with E-state index in [0.717, 1.165) is 17.7 Å². The zero-order chi connectivity index (χ0) is 14.3. The van der Waals surface area contributed by atoms with Crippen molar-refractivity contribution in [1.82, 2.24) is 0 Å². The van der Waals surface area contributed by atoms with Gasteiger partial charge in [0.25, 0.3) is 0 Å². The molecule has 20 heavy (non-hydrogen) atoms. The van der Waals surface area contributed by atoms with Gasteiger partial charge in [-0.15, -0.1) is 0 Å². The van der Waals surface area contributed by atoms with E-state index in [1.54, 1.807) is 6.07 Å². The summed E-state index contributed by atoms with van der Waals surface area (Å²) in [6, 6.07) is 9.47. The lowest BCUT2D eigenvalue weighted by atomic mass is 9.90. The molecule has 0 aliphatic carbocycles. The molecule has 104 valence electrons. The smallest absolute Gasteiger partial charge is 0.129 e. The minimum atomic E-state index is -1.13. The molecule has 1 aliphatic heterocycles. The minimum absolute atomic E-state index is 0.0293. The fourth-order valence-corrected chi connectivity index (χ4v) is 2.55. The van der Waals surface area contributed by atoms with Crippen molar-refractivity contribution in [1.29, 1.82) is 0 Å². The Bertz CT molecular complexity index is 655. The summed E-state index contributed by atoms with van der Waals surface area (Å²) in [4.78, 5) is 0. The molecule has 0 bridgehead atoms. The summed E-state index contributed by atoms with van der Waals surface area (Å²) in [5.41, 5.74) is 1.01. The molecule has 4 heteroatoms. The Labute approximate surface area is 115 Å². The molecule has 0 amide bonds. The van der Waals surface area contributed by atoms with Crippen LogP contribution in [0.15, 0.2) is 36.4 Å². The number of benzene rings is 2. The Morgan fingerprint density at radius 2 is 1.95 bits per heavy atom. The summed E-state index contributed by atoms with van der Waals surface area (Å²) in [7, 11) is 0. The number of aliphatic hydroxyl groups excluding tert-OH is 1. The van der Waals surface area contributed by atoms with E-state index >= 15 is 0 Å². The van der Waals surface area contributed by atoms with Crippen LogP contribution in [0.4, 0.5) is 8.78 Å². The lowest BCUT2D eigenvalue weighted by Gasteiger charge is -2.18. The van der Waals surface area contributed by atoms with Gasteiger partial charge in [-0.05, 0) is 30.7 Å². The molecular formula is C16H14F2O2. The predicted molar refractivity (Wildman–Crippen MR) is 70.7 cm³/mol. The molecule has 2 aromatic carbocycles. The molecule has 0 radical (unpaired) electrons. The number of halogens is 2. The molecule has 2 aromatic rings. The minimum Gasteiger partial charge on any atom is -0.493 e. The number of hydrogen-bond donors (Lipinski definition) is 1. The van der Waals surface area contributed by atoms with Gasteiger partial charge < -0.3 is 9.84 Å². The van der Waals surface area contributed by atoms with Gasteiger partial charge in [-0.2, -0.15) is 0 Å². The number of aliphatic hydroxyl groups is 1. The van der Waals surface area contributed by atoms with Crippen molar-refractivity contribution in [2.24, 2.45) is 0 Å². The molecule has 2 unspecified atom stereocenters. The summed E-state index contributed by atoms with van der Waals surface area (Å²) >= 11 is 0. The first-order chi connectivity index (χ1) is 9.58. The second kappa shape index (κ2) is 4.87. The van der Waals surface area contributed by atoms with Crippen LogP contribution in [0.5, 0.6) is 5.75 Å². The van der Waals surface area contributed by atoms with E-state index in [0.29, 0.717) is 5.75 Å². The van der Waals surface area contributed by atoms with Crippen LogP contribution in [-0.2, 0) is 0 Å². The Kier molecular flexibility index (Phi) is 3.18. The molecule has 3 rings (SSSR count). The molecule has 0 fully saturated rings. The Hall–Kier alpha value is -1.94. The van der Waals surface area contributed by atoms with Gasteiger partial charge in [0.1, 0.15) is 17.4 Å². The zero-order valence-corrected chi connectivity index (χ0v) is 10.9. The fraction of sp³-hybridized carbons (Fsp3) is 0.250. The molecule has 2 nitrogen and oxygen atoms in total. The lowest BCUT2D eigenvalue weighted by molar-refractivity contribution is 0.126. The Balaban J connectivity index is 1.98. The van der Waals surface area contributed by atoms with Gasteiger partial charge in [0.2, 0.25) is 0 Å². The second-order valence-corrected chi connectivity index (χ2v) is 5.02. The number of fused-ring (bicyclic) bond motifs is 1. The topological polar surface area (TPSA) is 29.5 Å². The van der Waals surface area contributed by atoms with E-state index in [-0.39, 0.29) is 23.7 Å². The maximum Gasteiger partial charge on any atom is 0.129 e. The van der Waals surface area contributed by atoms with E-state index in [4.69, 9.17) is 4.74 Å². The predicted octanol–water partition coefficient (Wildman–Crippen LogP) is 3.48. The second-order valence-electron chi connectivity index (χ2n) is 5.02. The normalized spacial score (nSPS) is 18.5. The molecule has 0 saturated heterocycles. The van der Waals surface area contributed by atoms with E-state index in [1.807, 2.05) is 18.2 Å². The number of rotatable bonds is 2. The van der Waals surface area contributed by atoms with E-state index in [2.05, 4.69) is 0 Å². The van der Waals surface area contributed by atoms with Gasteiger partial charge in [0.15, 0.2) is 0 Å². The first-order valence-corrected chi connectivity index (χ1v) is 6.43. The van der Waals surface area contributed by atoms with Crippen LogP contribution in [0.25, 0.3) is 0 Å². The van der Waals surface area contributed by atoms with Crippen molar-refractivity contribution in [3.05, 3.63) is 64.7 Å². The average Bonchev–Trinajstić information content (AvgIpc) is 2.86. The van der Waals surface area contributed by atoms with Crippen molar-refractivity contribution in [3.8, 4) is 5.75 Å². The average molecular weight is 276 g/mol. The monoisotopic (exact) mass is 276 g/mol. The van der Waals surface area contributed by atoms with Crippen molar-refractivity contribution >= 4 is 0 Å². The first-order valence-electron chi connectivity index (χ1n) is 6.43. The van der Waals surface area contributed by atoms with Crippen LogP contribution in [0.3, 0.4) is 0 Å². The number of hydrogen-bond acceptors (Lipinski definition) is 2. The third-order valence-electron chi connectivity index (χ3n) is 3.71. The van der Waals surface area contributed by atoms with Crippen LogP contribution in [0.1, 0.15) is 28.7 Å². The summed E-state index contributed by atoms with van der Waals surface area (Å²) in [5, 5.41) is 10.4. The van der Waals surface area contributed by atoms with Gasteiger partial charge in [-0.25, -0.2) is 8.78 Å². The van der Waals surface area contributed by atoms with Crippen molar-refractivity contribution < 1.29 is 18.6 Å². The summed E-state index contributed by atoms with van der Waals surface area (Å²) in [6.07, 6.45) is -1.13. The highest BCUT2D eigenvalue weighted by molar-refractivity contribution is 5.42. The number of aryl methyl sites for hydroxylation is 1. The van der Waals surface area contributed by atoms with Crippen molar-refractivity contribution in [2.45, 2.75) is 18.9 Å². The highest BCUT2D eigenvalue weighted by atomic mass is 19.1. The molecule has 1 N–H and O–H groups in total. The maximum absolute atomic E-state index is 13.9. The highest BCUT2D eigenvalue weighted by Gasteiger charge is 2.32. The Morgan fingerprint density at radius 3 is 2.75 bits per heavy atom. The molecule has 0 spiro atoms.